The summed E-state index contributed by atoms with van der Waals surface area (Å²) in [4.78, 5) is 26.5. The number of amides is 1. The molecule has 0 bridgehead atoms. The lowest BCUT2D eigenvalue weighted by Gasteiger charge is -1.99. The number of aryl methyl sites for hydroxylation is 1. The molecule has 104 valence electrons. The van der Waals surface area contributed by atoms with Gasteiger partial charge in [-0.05, 0) is 18.9 Å². The molecule has 0 saturated carbocycles. The van der Waals surface area contributed by atoms with Crippen LogP contribution in [0.3, 0.4) is 0 Å². The summed E-state index contributed by atoms with van der Waals surface area (Å²) in [5.41, 5.74) is 1.18. The highest BCUT2D eigenvalue weighted by atomic mass is 32.1. The van der Waals surface area contributed by atoms with E-state index in [9.17, 15) is 9.59 Å². The second kappa shape index (κ2) is 6.71. The first-order valence-electron chi connectivity index (χ1n) is 5.89. The Morgan fingerprint density at radius 2 is 2.20 bits per heavy atom. The zero-order valence-corrected chi connectivity index (χ0v) is 11.3. The van der Waals surface area contributed by atoms with E-state index in [0.717, 1.165) is 5.69 Å². The minimum Gasteiger partial charge on any atom is -0.481 e. The van der Waals surface area contributed by atoms with Crippen molar-refractivity contribution in [1.29, 1.82) is 0 Å². The lowest BCUT2D eigenvalue weighted by atomic mass is 10.2. The molecule has 0 unspecified atom stereocenters. The highest BCUT2D eigenvalue weighted by Crippen LogP contribution is 2.17. The van der Waals surface area contributed by atoms with Crippen molar-refractivity contribution in [2.75, 3.05) is 5.32 Å². The van der Waals surface area contributed by atoms with Gasteiger partial charge in [-0.2, -0.15) is 10.2 Å². The van der Waals surface area contributed by atoms with Gasteiger partial charge in [0, 0.05) is 11.8 Å². The van der Waals surface area contributed by atoms with Crippen LogP contribution in [0.4, 0.5) is 5.13 Å². The van der Waals surface area contributed by atoms with E-state index in [2.05, 4.69) is 20.5 Å². The second-order valence-electron chi connectivity index (χ2n) is 3.98. The number of carbonyl (C=O) groups is 2. The summed E-state index contributed by atoms with van der Waals surface area (Å²) in [5, 5.41) is 20.7. The first kappa shape index (κ1) is 14.1. The maximum Gasteiger partial charge on any atom is 0.303 e. The number of nitrogens with zero attached hydrogens (tertiary/aromatic N) is 3. The molecule has 0 fully saturated rings. The molecule has 2 aromatic rings. The topological polar surface area (TPSA) is 105 Å². The van der Waals surface area contributed by atoms with Crippen LogP contribution in [0.1, 0.15) is 28.9 Å². The molecule has 8 heteroatoms. The Bertz CT molecular complexity index is 600. The third-order valence-electron chi connectivity index (χ3n) is 2.44. The van der Waals surface area contributed by atoms with Gasteiger partial charge in [0.05, 0.1) is 23.7 Å². The number of nitrogens with one attached hydrogen (secondary N) is 1. The molecular weight excluding hydrogens is 280 g/mol. The van der Waals surface area contributed by atoms with Gasteiger partial charge in [0.25, 0.3) is 5.91 Å². The monoisotopic (exact) mass is 292 g/mol. The normalized spacial score (nSPS) is 10.2. The van der Waals surface area contributed by atoms with Crippen LogP contribution < -0.4 is 5.32 Å². The van der Waals surface area contributed by atoms with Crippen molar-refractivity contribution >= 4 is 28.3 Å². The van der Waals surface area contributed by atoms with Crippen LogP contribution in [0.25, 0.3) is 0 Å². The number of thiazole rings is 1. The first-order valence-corrected chi connectivity index (χ1v) is 6.77. The summed E-state index contributed by atoms with van der Waals surface area (Å²) >= 11 is 1.30. The molecule has 0 aliphatic carbocycles. The summed E-state index contributed by atoms with van der Waals surface area (Å²) in [7, 11) is 0. The van der Waals surface area contributed by atoms with Gasteiger partial charge in [-0.15, -0.1) is 11.3 Å². The van der Waals surface area contributed by atoms with Crippen molar-refractivity contribution in [3.63, 3.8) is 0 Å². The summed E-state index contributed by atoms with van der Waals surface area (Å²) in [5.74, 6) is -1.12. The van der Waals surface area contributed by atoms with E-state index in [0.29, 0.717) is 23.5 Å². The maximum atomic E-state index is 11.8. The van der Waals surface area contributed by atoms with Gasteiger partial charge in [-0.3, -0.25) is 14.9 Å². The van der Waals surface area contributed by atoms with E-state index in [1.165, 1.54) is 23.7 Å². The zero-order chi connectivity index (χ0) is 14.4. The number of rotatable bonds is 6. The first-order chi connectivity index (χ1) is 9.65. The van der Waals surface area contributed by atoms with Crippen molar-refractivity contribution in [3.05, 3.63) is 35.1 Å². The minimum absolute atomic E-state index is 0.113. The molecule has 0 saturated heterocycles. The molecule has 2 rings (SSSR count). The maximum absolute atomic E-state index is 11.8. The number of anilines is 1. The fraction of sp³-hybridized carbons (Fsp3) is 0.250. The smallest absolute Gasteiger partial charge is 0.303 e. The molecule has 0 aliphatic heterocycles. The molecule has 20 heavy (non-hydrogen) atoms. The minimum atomic E-state index is -0.820. The Morgan fingerprint density at radius 1 is 1.35 bits per heavy atom. The van der Waals surface area contributed by atoms with E-state index < -0.39 is 5.97 Å². The molecule has 1 amide bonds. The Hall–Kier alpha value is -2.35. The van der Waals surface area contributed by atoms with Crippen molar-refractivity contribution in [2.24, 2.45) is 0 Å². The summed E-state index contributed by atoms with van der Waals surface area (Å²) in [6.45, 7) is 0. The number of aromatic nitrogens is 3. The van der Waals surface area contributed by atoms with Crippen molar-refractivity contribution in [2.45, 2.75) is 19.3 Å². The number of aliphatic carboxylic acids is 1. The largest absolute Gasteiger partial charge is 0.481 e. The van der Waals surface area contributed by atoms with Crippen LogP contribution in [-0.2, 0) is 11.2 Å². The van der Waals surface area contributed by atoms with Crippen molar-refractivity contribution < 1.29 is 14.7 Å². The quantitative estimate of drug-likeness (QED) is 0.837. The fourth-order valence-corrected chi connectivity index (χ4v) is 2.23. The lowest BCUT2D eigenvalue weighted by Crippen LogP contribution is -2.12. The van der Waals surface area contributed by atoms with Crippen LogP contribution in [-0.4, -0.2) is 32.2 Å². The third-order valence-corrected chi connectivity index (χ3v) is 3.25. The van der Waals surface area contributed by atoms with Gasteiger partial charge in [0.1, 0.15) is 0 Å². The molecule has 2 N–H and O–H groups in total. The molecule has 0 aromatic carbocycles. The third kappa shape index (κ3) is 4.09. The van der Waals surface area contributed by atoms with Crippen LogP contribution in [0.2, 0.25) is 0 Å². The predicted octanol–water partition coefficient (Wildman–Crippen LogP) is 1.59. The SMILES string of the molecule is O=C(O)CCCc1csc(NC(=O)c2ccnnc2)n1. The molecular formula is C12H12N4O3S. The van der Waals surface area contributed by atoms with E-state index in [1.54, 1.807) is 6.07 Å². The molecule has 2 aromatic heterocycles. The zero-order valence-electron chi connectivity index (χ0n) is 10.4. The standard InChI is InChI=1S/C12H12N4O3S/c17-10(18)3-1-2-9-7-20-12(15-9)16-11(19)8-4-5-13-14-6-8/h4-7H,1-3H2,(H,17,18)(H,15,16,19). The van der Waals surface area contributed by atoms with Gasteiger partial charge in [-0.25, -0.2) is 4.98 Å². The summed E-state index contributed by atoms with van der Waals surface area (Å²) in [6.07, 6.45) is 4.03. The van der Waals surface area contributed by atoms with Gasteiger partial charge in [-0.1, -0.05) is 0 Å². The van der Waals surface area contributed by atoms with Gasteiger partial charge in [0.15, 0.2) is 5.13 Å². The van der Waals surface area contributed by atoms with Crippen LogP contribution in [0.5, 0.6) is 0 Å². The molecule has 0 aliphatic rings. The van der Waals surface area contributed by atoms with Crippen LogP contribution in [0.15, 0.2) is 23.8 Å². The number of hydrogen-bond donors (Lipinski definition) is 2. The number of carboxylic acids is 1. The molecule has 7 nitrogen and oxygen atoms in total. The predicted molar refractivity (Wildman–Crippen MR) is 72.7 cm³/mol. The molecule has 0 radical (unpaired) electrons. The second-order valence-corrected chi connectivity index (χ2v) is 4.83. The van der Waals surface area contributed by atoms with Gasteiger partial charge >= 0.3 is 5.97 Å². The fourth-order valence-electron chi connectivity index (χ4n) is 1.49. The van der Waals surface area contributed by atoms with E-state index in [1.807, 2.05) is 5.38 Å². The molecule has 0 atom stereocenters. The summed E-state index contributed by atoms with van der Waals surface area (Å²) in [6, 6.07) is 1.56. The van der Waals surface area contributed by atoms with Gasteiger partial charge < -0.3 is 5.11 Å². The van der Waals surface area contributed by atoms with Crippen LogP contribution in [0, 0.1) is 0 Å². The molecule has 0 spiro atoms. The number of hydrogen-bond acceptors (Lipinski definition) is 6. The number of carbonyl (C=O) groups excluding carboxylic acids is 1. The van der Waals surface area contributed by atoms with E-state index >= 15 is 0 Å². The number of carboxylic acid groups (broad SMARTS) is 1. The Labute approximate surface area is 118 Å². The van der Waals surface area contributed by atoms with Crippen LogP contribution >= 0.6 is 11.3 Å². The Morgan fingerprint density at radius 3 is 2.90 bits per heavy atom. The Kier molecular flexibility index (Phi) is 4.72. The van der Waals surface area contributed by atoms with Crippen molar-refractivity contribution in [3.8, 4) is 0 Å². The highest BCUT2D eigenvalue weighted by Gasteiger charge is 2.09. The van der Waals surface area contributed by atoms with Gasteiger partial charge in [0.2, 0.25) is 0 Å². The van der Waals surface area contributed by atoms with E-state index in [4.69, 9.17) is 5.11 Å². The average molecular weight is 292 g/mol. The molecule has 2 heterocycles. The Balaban J connectivity index is 1.89. The highest BCUT2D eigenvalue weighted by molar-refractivity contribution is 7.13. The van der Waals surface area contributed by atoms with Crippen molar-refractivity contribution in [1.82, 2.24) is 15.2 Å². The lowest BCUT2D eigenvalue weighted by molar-refractivity contribution is -0.137. The van der Waals surface area contributed by atoms with E-state index in [-0.39, 0.29) is 12.3 Å². The summed E-state index contributed by atoms with van der Waals surface area (Å²) < 4.78 is 0. The average Bonchev–Trinajstić information content (AvgIpc) is 2.87.